The second-order valence-electron chi connectivity index (χ2n) is 6.47. The minimum atomic E-state index is 0.276. The molecule has 0 bridgehead atoms. The molecule has 1 saturated heterocycles. The highest BCUT2D eigenvalue weighted by atomic mass is 35.5. The molecule has 2 fully saturated rings. The Balaban J connectivity index is 1.57. The summed E-state index contributed by atoms with van der Waals surface area (Å²) in [6.07, 6.45) is 5.89. The van der Waals surface area contributed by atoms with E-state index in [-0.39, 0.29) is 5.41 Å². The van der Waals surface area contributed by atoms with Gasteiger partial charge >= 0.3 is 0 Å². The van der Waals surface area contributed by atoms with E-state index in [0.717, 1.165) is 42.7 Å². The minimum absolute atomic E-state index is 0.276. The molecule has 1 N–H and O–H groups in total. The molecule has 1 atom stereocenters. The summed E-state index contributed by atoms with van der Waals surface area (Å²) in [5.41, 5.74) is 1.44. The number of fused-ring (bicyclic) bond motifs is 1. The molecule has 0 aromatic heterocycles. The maximum Gasteiger partial charge on any atom is 0.162 e. The topological polar surface area (TPSA) is 30.5 Å². The second-order valence-corrected chi connectivity index (χ2v) is 6.87. The van der Waals surface area contributed by atoms with Crippen molar-refractivity contribution in [2.24, 2.45) is 5.41 Å². The highest BCUT2D eigenvalue weighted by Gasteiger charge is 2.46. The molecular formula is C16H20ClNO2. The van der Waals surface area contributed by atoms with Gasteiger partial charge in [0.1, 0.15) is 0 Å². The fraction of sp³-hybridized carbons (Fsp3) is 0.625. The van der Waals surface area contributed by atoms with Crippen molar-refractivity contribution < 1.29 is 9.47 Å². The number of nitrogens with one attached hydrogen (secondary N) is 1. The van der Waals surface area contributed by atoms with Gasteiger partial charge in [-0.1, -0.05) is 11.6 Å². The van der Waals surface area contributed by atoms with Crippen LogP contribution in [0.3, 0.4) is 0 Å². The number of benzene rings is 1. The zero-order chi connectivity index (χ0) is 13.6. The first-order valence-corrected chi connectivity index (χ1v) is 7.93. The normalized spacial score (nSPS) is 26.6. The lowest BCUT2D eigenvalue weighted by Gasteiger charge is -2.14. The van der Waals surface area contributed by atoms with Crippen LogP contribution in [-0.2, 0) is 6.42 Å². The smallest absolute Gasteiger partial charge is 0.162 e. The molecule has 1 aromatic rings. The summed E-state index contributed by atoms with van der Waals surface area (Å²) < 4.78 is 11.9. The third-order valence-electron chi connectivity index (χ3n) is 4.77. The van der Waals surface area contributed by atoms with Crippen LogP contribution in [0.5, 0.6) is 11.5 Å². The average Bonchev–Trinajstić information content (AvgIpc) is 3.08. The van der Waals surface area contributed by atoms with E-state index >= 15 is 0 Å². The minimum Gasteiger partial charge on any atom is -0.489 e. The van der Waals surface area contributed by atoms with Crippen LogP contribution in [0.15, 0.2) is 12.1 Å². The van der Waals surface area contributed by atoms with Crippen molar-refractivity contribution in [3.63, 3.8) is 0 Å². The van der Waals surface area contributed by atoms with Gasteiger partial charge in [0.25, 0.3) is 0 Å². The van der Waals surface area contributed by atoms with Crippen LogP contribution >= 0.6 is 11.6 Å². The van der Waals surface area contributed by atoms with Crippen LogP contribution < -0.4 is 14.8 Å². The molecule has 0 amide bonds. The van der Waals surface area contributed by atoms with Gasteiger partial charge in [-0.3, -0.25) is 0 Å². The van der Waals surface area contributed by atoms with Crippen LogP contribution in [0.4, 0.5) is 0 Å². The van der Waals surface area contributed by atoms with Gasteiger partial charge in [-0.2, -0.15) is 0 Å². The van der Waals surface area contributed by atoms with Crippen molar-refractivity contribution in [3.05, 3.63) is 22.7 Å². The van der Waals surface area contributed by atoms with Gasteiger partial charge in [0.05, 0.1) is 13.2 Å². The quantitative estimate of drug-likeness (QED) is 0.908. The summed E-state index contributed by atoms with van der Waals surface area (Å²) in [6, 6.07) is 4.56. The Labute approximate surface area is 124 Å². The molecule has 1 aliphatic carbocycles. The number of hydrogen-bond acceptors (Lipinski definition) is 3. The second kappa shape index (κ2) is 4.81. The van der Waals surface area contributed by atoms with Crippen molar-refractivity contribution in [2.75, 3.05) is 19.8 Å². The Hall–Kier alpha value is -0.930. The highest BCUT2D eigenvalue weighted by molar-refractivity contribution is 6.31. The summed E-state index contributed by atoms with van der Waals surface area (Å²) in [5, 5.41) is 4.32. The van der Waals surface area contributed by atoms with Gasteiger partial charge in [0, 0.05) is 22.5 Å². The monoisotopic (exact) mass is 293 g/mol. The number of hydrogen-bond donors (Lipinski definition) is 1. The van der Waals surface area contributed by atoms with E-state index in [1.54, 1.807) is 0 Å². The molecule has 1 unspecified atom stereocenters. The molecule has 4 rings (SSSR count). The van der Waals surface area contributed by atoms with E-state index in [1.165, 1.54) is 31.2 Å². The third-order valence-corrected chi connectivity index (χ3v) is 5.12. The summed E-state index contributed by atoms with van der Waals surface area (Å²) in [7, 11) is 0. The lowest BCUT2D eigenvalue weighted by molar-refractivity contribution is 0.197. The lowest BCUT2D eigenvalue weighted by atomic mass is 10.0. The molecular weight excluding hydrogens is 274 g/mol. The van der Waals surface area contributed by atoms with Crippen molar-refractivity contribution in [1.82, 2.24) is 5.32 Å². The Kier molecular flexibility index (Phi) is 3.08. The summed E-state index contributed by atoms with van der Waals surface area (Å²) in [4.78, 5) is 0. The Morgan fingerprint density at radius 3 is 2.60 bits per heavy atom. The largest absolute Gasteiger partial charge is 0.489 e. The molecule has 20 heavy (non-hydrogen) atoms. The van der Waals surface area contributed by atoms with Crippen molar-refractivity contribution in [1.29, 1.82) is 0 Å². The van der Waals surface area contributed by atoms with Gasteiger partial charge in [-0.25, -0.2) is 0 Å². The fourth-order valence-corrected chi connectivity index (χ4v) is 3.36. The van der Waals surface area contributed by atoms with E-state index in [1.807, 2.05) is 6.07 Å². The first-order valence-electron chi connectivity index (χ1n) is 7.56. The van der Waals surface area contributed by atoms with Gasteiger partial charge in [-0.05, 0) is 50.3 Å². The van der Waals surface area contributed by atoms with Crippen LogP contribution in [0.2, 0.25) is 5.02 Å². The Bertz CT molecular complexity index is 521. The van der Waals surface area contributed by atoms with Gasteiger partial charge in [0.15, 0.2) is 11.5 Å². The number of ether oxygens (including phenoxy) is 2. The van der Waals surface area contributed by atoms with E-state index in [0.29, 0.717) is 6.04 Å². The molecule has 1 spiro atoms. The Morgan fingerprint density at radius 2 is 1.95 bits per heavy atom. The lowest BCUT2D eigenvalue weighted by Crippen LogP contribution is -2.23. The van der Waals surface area contributed by atoms with Crippen LogP contribution in [0.25, 0.3) is 0 Å². The average molecular weight is 294 g/mol. The summed E-state index contributed by atoms with van der Waals surface area (Å²) >= 11 is 6.42. The first kappa shape index (κ1) is 12.8. The van der Waals surface area contributed by atoms with E-state index in [2.05, 4.69) is 11.4 Å². The number of rotatable bonds is 2. The van der Waals surface area contributed by atoms with E-state index in [9.17, 15) is 0 Å². The Morgan fingerprint density at radius 1 is 1.20 bits per heavy atom. The van der Waals surface area contributed by atoms with Crippen molar-refractivity contribution in [3.8, 4) is 11.5 Å². The summed E-state index contributed by atoms with van der Waals surface area (Å²) in [6.45, 7) is 2.66. The van der Waals surface area contributed by atoms with Crippen LogP contribution in [0.1, 0.15) is 31.2 Å². The molecule has 108 valence electrons. The first-order chi connectivity index (χ1) is 9.74. The highest BCUT2D eigenvalue weighted by Crippen LogP contribution is 2.49. The molecule has 2 aliphatic heterocycles. The van der Waals surface area contributed by atoms with Crippen LogP contribution in [0, 0.1) is 5.41 Å². The molecule has 2 heterocycles. The molecule has 4 heteroatoms. The fourth-order valence-electron chi connectivity index (χ4n) is 3.12. The van der Waals surface area contributed by atoms with Crippen LogP contribution in [-0.4, -0.2) is 25.8 Å². The summed E-state index contributed by atoms with van der Waals surface area (Å²) in [5.74, 6) is 1.67. The van der Waals surface area contributed by atoms with Crippen molar-refractivity contribution >= 4 is 11.6 Å². The van der Waals surface area contributed by atoms with E-state index < -0.39 is 0 Å². The SMILES string of the molecule is Clc1cc2c(cc1CC1CCCN1)OCC1(CC1)CO2. The van der Waals surface area contributed by atoms with Gasteiger partial charge in [-0.15, -0.1) is 0 Å². The number of halogens is 1. The van der Waals surface area contributed by atoms with Gasteiger partial charge < -0.3 is 14.8 Å². The molecule has 0 radical (unpaired) electrons. The van der Waals surface area contributed by atoms with Crippen molar-refractivity contribution in [2.45, 2.75) is 38.1 Å². The third kappa shape index (κ3) is 2.38. The zero-order valence-corrected chi connectivity index (χ0v) is 12.3. The molecule has 1 aromatic carbocycles. The maximum absolute atomic E-state index is 6.42. The molecule has 1 saturated carbocycles. The van der Waals surface area contributed by atoms with E-state index in [4.69, 9.17) is 21.1 Å². The predicted molar refractivity (Wildman–Crippen MR) is 78.8 cm³/mol. The molecule has 3 nitrogen and oxygen atoms in total. The maximum atomic E-state index is 6.42. The predicted octanol–water partition coefficient (Wildman–Crippen LogP) is 3.19. The standard InChI is InChI=1S/C16H20ClNO2/c17-13-8-15-14(19-9-16(3-4-16)10-20-15)7-11(13)6-12-2-1-5-18-12/h7-8,12,18H,1-6,9-10H2. The molecule has 3 aliphatic rings. The van der Waals surface area contributed by atoms with Gasteiger partial charge in [0.2, 0.25) is 0 Å². The zero-order valence-electron chi connectivity index (χ0n) is 11.6.